The SMILES string of the molecule is CCC(C)(NS(=O)(=O)c1cn(C)cn1)C(N)=NO. The second kappa shape index (κ2) is 4.94. The molecule has 102 valence electrons. The number of hydrogen-bond acceptors (Lipinski definition) is 5. The maximum atomic E-state index is 12.1. The van der Waals surface area contributed by atoms with Gasteiger partial charge in [-0.1, -0.05) is 12.1 Å². The number of aromatic nitrogens is 2. The lowest BCUT2D eigenvalue weighted by Gasteiger charge is -2.26. The number of imidazole rings is 1. The van der Waals surface area contributed by atoms with E-state index in [1.807, 2.05) is 0 Å². The van der Waals surface area contributed by atoms with Crippen LogP contribution in [0, 0.1) is 0 Å². The van der Waals surface area contributed by atoms with E-state index in [-0.39, 0.29) is 10.9 Å². The predicted molar refractivity (Wildman–Crippen MR) is 65.6 cm³/mol. The number of aryl methyl sites for hydroxylation is 1. The molecule has 1 atom stereocenters. The summed E-state index contributed by atoms with van der Waals surface area (Å²) in [5.41, 5.74) is 4.34. The fraction of sp³-hybridized carbons (Fsp3) is 0.556. The number of hydrogen-bond donors (Lipinski definition) is 3. The van der Waals surface area contributed by atoms with Crippen molar-refractivity contribution in [3.8, 4) is 0 Å². The minimum Gasteiger partial charge on any atom is -0.409 e. The summed E-state index contributed by atoms with van der Waals surface area (Å²) in [5, 5.41) is 11.4. The summed E-state index contributed by atoms with van der Waals surface area (Å²) >= 11 is 0. The quantitative estimate of drug-likeness (QED) is 0.292. The monoisotopic (exact) mass is 275 g/mol. The third-order valence-electron chi connectivity index (χ3n) is 2.70. The summed E-state index contributed by atoms with van der Waals surface area (Å²) in [4.78, 5) is 3.76. The Morgan fingerprint density at radius 3 is 2.72 bits per heavy atom. The second-order valence-corrected chi connectivity index (χ2v) is 5.78. The number of nitrogens with one attached hydrogen (secondary N) is 1. The average Bonchev–Trinajstić information content (AvgIpc) is 2.74. The second-order valence-electron chi connectivity index (χ2n) is 4.15. The van der Waals surface area contributed by atoms with Crippen LogP contribution in [-0.2, 0) is 17.1 Å². The number of nitrogens with zero attached hydrogens (tertiary/aromatic N) is 3. The molecule has 1 aromatic heterocycles. The van der Waals surface area contributed by atoms with E-state index in [0.29, 0.717) is 6.42 Å². The van der Waals surface area contributed by atoms with Crippen LogP contribution in [0.3, 0.4) is 0 Å². The standard InChI is InChI=1S/C9H17N5O3S/c1-4-9(2,8(10)12-15)13-18(16,17)7-5-14(3)6-11-7/h5-6,13,15H,4H2,1-3H3,(H2,10,12). The van der Waals surface area contributed by atoms with Crippen molar-refractivity contribution in [2.75, 3.05) is 0 Å². The van der Waals surface area contributed by atoms with Crippen molar-refractivity contribution in [3.05, 3.63) is 12.5 Å². The highest BCUT2D eigenvalue weighted by Crippen LogP contribution is 2.15. The first kappa shape index (κ1) is 14.5. The molecule has 0 aromatic carbocycles. The first-order valence-electron chi connectivity index (χ1n) is 5.25. The topological polar surface area (TPSA) is 123 Å². The van der Waals surface area contributed by atoms with Gasteiger partial charge < -0.3 is 15.5 Å². The summed E-state index contributed by atoms with van der Waals surface area (Å²) in [6.45, 7) is 3.25. The molecule has 18 heavy (non-hydrogen) atoms. The molecule has 0 aliphatic rings. The smallest absolute Gasteiger partial charge is 0.260 e. The van der Waals surface area contributed by atoms with E-state index >= 15 is 0 Å². The van der Waals surface area contributed by atoms with Crippen LogP contribution in [0.4, 0.5) is 0 Å². The lowest BCUT2D eigenvalue weighted by Crippen LogP contribution is -2.54. The van der Waals surface area contributed by atoms with Gasteiger partial charge in [-0.3, -0.25) is 0 Å². The van der Waals surface area contributed by atoms with Gasteiger partial charge in [-0.05, 0) is 13.3 Å². The zero-order chi connectivity index (χ0) is 14.0. The van der Waals surface area contributed by atoms with Gasteiger partial charge in [0.2, 0.25) is 0 Å². The van der Waals surface area contributed by atoms with Gasteiger partial charge in [0, 0.05) is 13.2 Å². The maximum Gasteiger partial charge on any atom is 0.260 e. The van der Waals surface area contributed by atoms with Gasteiger partial charge in [0.25, 0.3) is 10.0 Å². The van der Waals surface area contributed by atoms with Crippen LogP contribution in [0.15, 0.2) is 22.7 Å². The average molecular weight is 275 g/mol. The highest BCUT2D eigenvalue weighted by molar-refractivity contribution is 7.89. The molecule has 0 amide bonds. The third-order valence-corrected chi connectivity index (χ3v) is 4.18. The van der Waals surface area contributed by atoms with Gasteiger partial charge >= 0.3 is 0 Å². The van der Waals surface area contributed by atoms with Crippen LogP contribution >= 0.6 is 0 Å². The van der Waals surface area contributed by atoms with Crippen molar-refractivity contribution >= 4 is 15.9 Å². The van der Waals surface area contributed by atoms with Crippen molar-refractivity contribution in [1.82, 2.24) is 14.3 Å². The number of nitrogens with two attached hydrogens (primary N) is 1. The minimum atomic E-state index is -3.82. The molecule has 0 saturated carbocycles. The summed E-state index contributed by atoms with van der Waals surface area (Å²) in [6, 6.07) is 0. The predicted octanol–water partition coefficient (Wildman–Crippen LogP) is -0.386. The first-order chi connectivity index (χ1) is 8.25. The van der Waals surface area contributed by atoms with E-state index in [9.17, 15) is 8.42 Å². The van der Waals surface area contributed by atoms with Crippen molar-refractivity contribution < 1.29 is 13.6 Å². The largest absolute Gasteiger partial charge is 0.409 e. The van der Waals surface area contributed by atoms with Crippen molar-refractivity contribution in [2.45, 2.75) is 30.8 Å². The van der Waals surface area contributed by atoms with Crippen molar-refractivity contribution in [1.29, 1.82) is 0 Å². The van der Waals surface area contributed by atoms with E-state index in [1.165, 1.54) is 24.0 Å². The molecular weight excluding hydrogens is 258 g/mol. The molecule has 0 aliphatic carbocycles. The molecule has 0 bridgehead atoms. The number of oxime groups is 1. The van der Waals surface area contributed by atoms with Crippen LogP contribution in [0.2, 0.25) is 0 Å². The Morgan fingerprint density at radius 2 is 2.33 bits per heavy atom. The molecule has 1 aromatic rings. The van der Waals surface area contributed by atoms with E-state index < -0.39 is 15.6 Å². The summed E-state index contributed by atoms with van der Waals surface area (Å²) in [7, 11) is -2.16. The molecule has 0 spiro atoms. The molecule has 8 nitrogen and oxygen atoms in total. The van der Waals surface area contributed by atoms with Gasteiger partial charge in [-0.25, -0.2) is 13.4 Å². The highest BCUT2D eigenvalue weighted by Gasteiger charge is 2.34. The highest BCUT2D eigenvalue weighted by atomic mass is 32.2. The normalized spacial score (nSPS) is 16.5. The molecule has 1 unspecified atom stereocenters. The van der Waals surface area contributed by atoms with Crippen LogP contribution in [-0.4, -0.2) is 34.6 Å². The molecule has 0 saturated heterocycles. The third kappa shape index (κ3) is 2.79. The number of sulfonamides is 1. The van der Waals surface area contributed by atoms with Crippen molar-refractivity contribution in [2.24, 2.45) is 17.9 Å². The van der Waals surface area contributed by atoms with Crippen LogP contribution in [0.5, 0.6) is 0 Å². The Hall–Kier alpha value is -1.61. The van der Waals surface area contributed by atoms with E-state index in [4.69, 9.17) is 10.9 Å². The Labute approximate surface area is 106 Å². The molecule has 9 heteroatoms. The molecule has 1 rings (SSSR count). The lowest BCUT2D eigenvalue weighted by atomic mass is 10.00. The lowest BCUT2D eigenvalue weighted by molar-refractivity contribution is 0.310. The van der Waals surface area contributed by atoms with Gasteiger partial charge in [-0.2, -0.15) is 4.72 Å². The Balaban J connectivity index is 3.09. The van der Waals surface area contributed by atoms with Crippen LogP contribution < -0.4 is 10.5 Å². The van der Waals surface area contributed by atoms with Crippen LogP contribution in [0.25, 0.3) is 0 Å². The first-order valence-corrected chi connectivity index (χ1v) is 6.73. The van der Waals surface area contributed by atoms with Gasteiger partial charge in [0.1, 0.15) is 0 Å². The molecule has 0 radical (unpaired) electrons. The summed E-state index contributed by atoms with van der Waals surface area (Å²) in [6.07, 6.45) is 3.07. The van der Waals surface area contributed by atoms with Crippen molar-refractivity contribution in [3.63, 3.8) is 0 Å². The van der Waals surface area contributed by atoms with Gasteiger partial charge in [0.05, 0.1) is 11.9 Å². The Kier molecular flexibility index (Phi) is 3.97. The Morgan fingerprint density at radius 1 is 1.72 bits per heavy atom. The fourth-order valence-electron chi connectivity index (χ4n) is 1.29. The fourth-order valence-corrected chi connectivity index (χ4v) is 2.73. The zero-order valence-corrected chi connectivity index (χ0v) is 11.3. The Bertz CT molecular complexity index is 550. The van der Waals surface area contributed by atoms with Gasteiger partial charge in [-0.15, -0.1) is 0 Å². The number of rotatable bonds is 5. The molecule has 1 heterocycles. The minimum absolute atomic E-state index is 0.115. The summed E-state index contributed by atoms with van der Waals surface area (Å²) in [5.74, 6) is -0.204. The molecule has 0 fully saturated rings. The van der Waals surface area contributed by atoms with E-state index in [2.05, 4.69) is 14.9 Å². The van der Waals surface area contributed by atoms with Gasteiger partial charge in [0.15, 0.2) is 10.9 Å². The molecule has 0 aliphatic heterocycles. The zero-order valence-electron chi connectivity index (χ0n) is 10.5. The molecule has 4 N–H and O–H groups in total. The van der Waals surface area contributed by atoms with E-state index in [1.54, 1.807) is 14.0 Å². The molecular formula is C9H17N5O3S. The van der Waals surface area contributed by atoms with E-state index in [0.717, 1.165) is 0 Å². The number of amidine groups is 1. The summed E-state index contributed by atoms with van der Waals surface area (Å²) < 4.78 is 28.0. The van der Waals surface area contributed by atoms with Crippen LogP contribution in [0.1, 0.15) is 20.3 Å². The maximum absolute atomic E-state index is 12.1.